The predicted octanol–water partition coefficient (Wildman–Crippen LogP) is 3.13. The zero-order valence-electron chi connectivity index (χ0n) is 9.90. The highest BCUT2D eigenvalue weighted by atomic mass is 32.2. The topological polar surface area (TPSA) is 35.5 Å². The van der Waals surface area contributed by atoms with Gasteiger partial charge in [-0.2, -0.15) is 11.8 Å². The molecule has 0 N–H and O–H groups in total. The van der Waals surface area contributed by atoms with Gasteiger partial charge < -0.3 is 9.47 Å². The van der Waals surface area contributed by atoms with E-state index in [1.165, 1.54) is 12.8 Å². The van der Waals surface area contributed by atoms with Crippen LogP contribution in [0.25, 0.3) is 0 Å². The first-order valence-electron chi connectivity index (χ1n) is 5.82. The summed E-state index contributed by atoms with van der Waals surface area (Å²) >= 11 is 1.69. The van der Waals surface area contributed by atoms with E-state index in [1.54, 1.807) is 30.0 Å². The molecule has 0 bridgehead atoms. The Bertz CT molecular complexity index is 404. The van der Waals surface area contributed by atoms with Crippen LogP contribution in [-0.4, -0.2) is 24.1 Å². The summed E-state index contributed by atoms with van der Waals surface area (Å²) in [5, 5.41) is 0. The molecule has 0 radical (unpaired) electrons. The van der Waals surface area contributed by atoms with Crippen molar-refractivity contribution in [1.82, 2.24) is 0 Å². The summed E-state index contributed by atoms with van der Waals surface area (Å²) in [5.74, 6) is 3.14. The Morgan fingerprint density at radius 1 is 1.35 bits per heavy atom. The largest absolute Gasteiger partial charge is 0.454 e. The zero-order valence-corrected chi connectivity index (χ0v) is 10.7. The maximum atomic E-state index is 11.9. The molecule has 1 aromatic rings. The lowest BCUT2D eigenvalue weighted by Gasteiger charge is -2.02. The smallest absolute Gasteiger partial charge is 0.231 e. The van der Waals surface area contributed by atoms with Crippen LogP contribution in [0.4, 0.5) is 0 Å². The Morgan fingerprint density at radius 2 is 2.18 bits per heavy atom. The van der Waals surface area contributed by atoms with Gasteiger partial charge in [0.15, 0.2) is 17.3 Å². The summed E-state index contributed by atoms with van der Waals surface area (Å²) < 4.78 is 10.5. The number of unbranched alkanes of at least 4 members (excludes halogenated alkanes) is 1. The first kappa shape index (κ1) is 12.3. The molecule has 17 heavy (non-hydrogen) atoms. The van der Waals surface area contributed by atoms with Crippen LogP contribution in [0.1, 0.15) is 30.1 Å². The van der Waals surface area contributed by atoms with Crippen molar-refractivity contribution < 1.29 is 14.3 Å². The Balaban J connectivity index is 1.91. The van der Waals surface area contributed by atoms with E-state index in [0.29, 0.717) is 17.1 Å². The molecule has 0 unspecified atom stereocenters. The van der Waals surface area contributed by atoms with Gasteiger partial charge in [0.05, 0.1) is 5.75 Å². The normalized spacial score (nSPS) is 12.8. The van der Waals surface area contributed by atoms with Crippen LogP contribution in [0.15, 0.2) is 18.2 Å². The summed E-state index contributed by atoms with van der Waals surface area (Å²) in [4.78, 5) is 11.9. The number of Topliss-reactive ketones (excluding diaryl/α,β-unsaturated/α-hetero) is 1. The van der Waals surface area contributed by atoms with Gasteiger partial charge >= 0.3 is 0 Å². The highest BCUT2D eigenvalue weighted by Gasteiger charge is 2.15. The molecule has 0 atom stereocenters. The molecule has 0 saturated carbocycles. The second-order valence-corrected chi connectivity index (χ2v) is 5.00. The van der Waals surface area contributed by atoms with Crippen molar-refractivity contribution in [2.75, 3.05) is 18.3 Å². The molecule has 1 aliphatic heterocycles. The minimum atomic E-state index is 0.157. The fourth-order valence-corrected chi connectivity index (χ4v) is 2.55. The number of carbonyl (C=O) groups excluding carboxylic acids is 1. The lowest BCUT2D eigenvalue weighted by Crippen LogP contribution is -2.02. The Morgan fingerprint density at radius 3 is 3.00 bits per heavy atom. The van der Waals surface area contributed by atoms with Crippen molar-refractivity contribution in [3.8, 4) is 11.5 Å². The van der Waals surface area contributed by atoms with Gasteiger partial charge in [-0.3, -0.25) is 4.79 Å². The van der Waals surface area contributed by atoms with E-state index in [-0.39, 0.29) is 12.6 Å². The summed E-state index contributed by atoms with van der Waals surface area (Å²) in [5.41, 5.74) is 0.707. The highest BCUT2D eigenvalue weighted by molar-refractivity contribution is 7.99. The van der Waals surface area contributed by atoms with E-state index in [2.05, 4.69) is 6.92 Å². The van der Waals surface area contributed by atoms with Gasteiger partial charge in [-0.05, 0) is 30.4 Å². The molecule has 0 amide bonds. The minimum Gasteiger partial charge on any atom is -0.454 e. The number of ketones is 1. The molecular weight excluding hydrogens is 236 g/mol. The summed E-state index contributed by atoms with van der Waals surface area (Å²) in [6.45, 7) is 2.40. The zero-order chi connectivity index (χ0) is 12.1. The number of rotatable bonds is 6. The fourth-order valence-electron chi connectivity index (χ4n) is 1.56. The van der Waals surface area contributed by atoms with Gasteiger partial charge in [0, 0.05) is 5.56 Å². The van der Waals surface area contributed by atoms with Gasteiger partial charge in [0.25, 0.3) is 0 Å². The van der Waals surface area contributed by atoms with Crippen LogP contribution < -0.4 is 9.47 Å². The molecule has 92 valence electrons. The van der Waals surface area contributed by atoms with E-state index < -0.39 is 0 Å². The quantitative estimate of drug-likeness (QED) is 0.575. The summed E-state index contributed by atoms with van der Waals surface area (Å²) in [6, 6.07) is 5.37. The lowest BCUT2D eigenvalue weighted by molar-refractivity contribution is 0.102. The van der Waals surface area contributed by atoms with Crippen LogP contribution in [0.5, 0.6) is 11.5 Å². The third-order valence-corrected chi connectivity index (χ3v) is 3.61. The van der Waals surface area contributed by atoms with E-state index in [1.807, 2.05) is 0 Å². The minimum absolute atomic E-state index is 0.157. The van der Waals surface area contributed by atoms with E-state index >= 15 is 0 Å². The number of ether oxygens (including phenoxy) is 2. The third-order valence-electron chi connectivity index (χ3n) is 2.57. The van der Waals surface area contributed by atoms with Crippen LogP contribution >= 0.6 is 11.8 Å². The maximum Gasteiger partial charge on any atom is 0.231 e. The van der Waals surface area contributed by atoms with Crippen molar-refractivity contribution in [2.24, 2.45) is 0 Å². The first-order chi connectivity index (χ1) is 8.31. The standard InChI is InChI=1S/C13H16O3S/c1-2-3-6-17-8-11(14)10-4-5-12-13(7-10)16-9-15-12/h4-5,7H,2-3,6,8-9H2,1H3. The monoisotopic (exact) mass is 252 g/mol. The van der Waals surface area contributed by atoms with E-state index in [4.69, 9.17) is 9.47 Å². The van der Waals surface area contributed by atoms with Gasteiger partial charge in [0.2, 0.25) is 6.79 Å². The van der Waals surface area contributed by atoms with Gasteiger partial charge in [-0.1, -0.05) is 13.3 Å². The van der Waals surface area contributed by atoms with Crippen molar-refractivity contribution >= 4 is 17.5 Å². The molecule has 0 aromatic heterocycles. The van der Waals surface area contributed by atoms with E-state index in [0.717, 1.165) is 11.5 Å². The number of hydrogen-bond acceptors (Lipinski definition) is 4. The molecule has 3 nitrogen and oxygen atoms in total. The average molecular weight is 252 g/mol. The SMILES string of the molecule is CCCCSCC(=O)c1ccc2c(c1)OCO2. The maximum absolute atomic E-state index is 11.9. The lowest BCUT2D eigenvalue weighted by atomic mass is 10.1. The molecule has 0 saturated heterocycles. The third kappa shape index (κ3) is 3.16. The predicted molar refractivity (Wildman–Crippen MR) is 69.1 cm³/mol. The second kappa shape index (κ2) is 5.96. The van der Waals surface area contributed by atoms with Crippen LogP contribution in [0.2, 0.25) is 0 Å². The van der Waals surface area contributed by atoms with Crippen molar-refractivity contribution in [3.63, 3.8) is 0 Å². The Kier molecular flexibility index (Phi) is 4.31. The molecule has 1 aliphatic rings. The molecule has 0 aliphatic carbocycles. The van der Waals surface area contributed by atoms with Gasteiger partial charge in [-0.25, -0.2) is 0 Å². The van der Waals surface area contributed by atoms with Gasteiger partial charge in [0.1, 0.15) is 0 Å². The molecule has 1 heterocycles. The van der Waals surface area contributed by atoms with Gasteiger partial charge in [-0.15, -0.1) is 0 Å². The molecular formula is C13H16O3S. The molecule has 1 aromatic carbocycles. The number of hydrogen-bond donors (Lipinski definition) is 0. The number of fused-ring (bicyclic) bond motifs is 1. The molecule has 0 spiro atoms. The van der Waals surface area contributed by atoms with Crippen LogP contribution in [0.3, 0.4) is 0 Å². The highest BCUT2D eigenvalue weighted by Crippen LogP contribution is 2.32. The number of benzene rings is 1. The fraction of sp³-hybridized carbons (Fsp3) is 0.462. The Hall–Kier alpha value is -1.16. The summed E-state index contributed by atoms with van der Waals surface area (Å²) in [6.07, 6.45) is 2.34. The molecule has 2 rings (SSSR count). The molecule has 0 fully saturated rings. The second-order valence-electron chi connectivity index (χ2n) is 3.90. The number of carbonyl (C=O) groups is 1. The van der Waals surface area contributed by atoms with E-state index in [9.17, 15) is 4.79 Å². The van der Waals surface area contributed by atoms with Crippen molar-refractivity contribution in [1.29, 1.82) is 0 Å². The molecule has 4 heteroatoms. The van der Waals surface area contributed by atoms with Crippen molar-refractivity contribution in [3.05, 3.63) is 23.8 Å². The number of thioether (sulfide) groups is 1. The van der Waals surface area contributed by atoms with Crippen LogP contribution in [-0.2, 0) is 0 Å². The van der Waals surface area contributed by atoms with Crippen molar-refractivity contribution in [2.45, 2.75) is 19.8 Å². The first-order valence-corrected chi connectivity index (χ1v) is 6.97. The van der Waals surface area contributed by atoms with Crippen LogP contribution in [0, 0.1) is 0 Å². The average Bonchev–Trinajstić information content (AvgIpc) is 2.81. The summed E-state index contributed by atoms with van der Waals surface area (Å²) in [7, 11) is 0. The Labute approximate surface area is 105 Å².